The van der Waals surface area contributed by atoms with E-state index in [-0.39, 0.29) is 35.4 Å². The number of methoxy groups -OCH3 is 1. The van der Waals surface area contributed by atoms with Crippen LogP contribution in [0.3, 0.4) is 0 Å². The summed E-state index contributed by atoms with van der Waals surface area (Å²) in [6.45, 7) is 3.44. The number of ether oxygens (including phenoxy) is 3. The van der Waals surface area contributed by atoms with E-state index in [1.165, 1.54) is 22.9 Å². The molecule has 0 bridgehead atoms. The molecule has 200 valence electrons. The summed E-state index contributed by atoms with van der Waals surface area (Å²) < 4.78 is 17.2. The van der Waals surface area contributed by atoms with E-state index in [1.54, 1.807) is 0 Å². The Labute approximate surface area is 213 Å². The average Bonchev–Trinajstić information content (AvgIpc) is 3.52. The van der Waals surface area contributed by atoms with Crippen molar-refractivity contribution in [1.29, 1.82) is 0 Å². The second kappa shape index (κ2) is 11.7. The Morgan fingerprint density at radius 2 is 2.11 bits per heavy atom. The number of aliphatic hydroxyl groups is 2. The van der Waals surface area contributed by atoms with Gasteiger partial charge in [-0.25, -0.2) is 19.7 Å². The van der Waals surface area contributed by atoms with E-state index in [4.69, 9.17) is 19.9 Å². The molecular weight excluding hydrogens is 486 g/mol. The third-order valence-electron chi connectivity index (χ3n) is 5.97. The first-order valence-electron chi connectivity index (χ1n) is 12.1. The number of fused-ring (bicyclic) bond motifs is 1. The van der Waals surface area contributed by atoms with Gasteiger partial charge in [0.1, 0.15) is 17.7 Å². The van der Waals surface area contributed by atoms with E-state index in [0.29, 0.717) is 26.2 Å². The third-order valence-corrected chi connectivity index (χ3v) is 5.97. The van der Waals surface area contributed by atoms with Gasteiger partial charge in [0.05, 0.1) is 20.0 Å². The second-order valence-corrected chi connectivity index (χ2v) is 8.71. The Morgan fingerprint density at radius 3 is 2.81 bits per heavy atom. The maximum atomic E-state index is 12.4. The molecule has 14 nitrogen and oxygen atoms in total. The van der Waals surface area contributed by atoms with Crippen LogP contribution in [-0.4, -0.2) is 104 Å². The van der Waals surface area contributed by atoms with Gasteiger partial charge < -0.3 is 35.5 Å². The molecule has 1 aliphatic heterocycles. The Bertz CT molecular complexity index is 1190. The van der Waals surface area contributed by atoms with Crippen LogP contribution in [0.2, 0.25) is 0 Å². The summed E-state index contributed by atoms with van der Waals surface area (Å²) in [7, 11) is 1.29. The number of carbonyl (C=O) groups is 2. The number of nitrogens with two attached hydrogens (primary N) is 1. The van der Waals surface area contributed by atoms with Gasteiger partial charge >= 0.3 is 6.09 Å². The lowest BCUT2D eigenvalue weighted by atomic mass is 10.1. The lowest BCUT2D eigenvalue weighted by molar-refractivity contribution is -0.137. The fourth-order valence-electron chi connectivity index (χ4n) is 3.88. The molecule has 2 fully saturated rings. The number of amides is 2. The molecule has 5 N–H and O–H groups in total. The summed E-state index contributed by atoms with van der Waals surface area (Å²) in [6.07, 6.45) is -2.05. The summed E-state index contributed by atoms with van der Waals surface area (Å²) in [5.41, 5.74) is 6.50. The molecule has 2 aliphatic rings. The van der Waals surface area contributed by atoms with Crippen molar-refractivity contribution < 1.29 is 34.0 Å². The molecule has 4 rings (SSSR count). The van der Waals surface area contributed by atoms with Gasteiger partial charge in [0, 0.05) is 25.8 Å². The lowest BCUT2D eigenvalue weighted by Crippen LogP contribution is -2.43. The minimum absolute atomic E-state index is 0.0469. The topological polar surface area (TPSA) is 187 Å². The fourth-order valence-corrected chi connectivity index (χ4v) is 3.88. The first-order valence-corrected chi connectivity index (χ1v) is 12.1. The van der Waals surface area contributed by atoms with E-state index in [2.05, 4.69) is 32.1 Å². The molecule has 2 amide bonds. The number of imidazole rings is 1. The molecule has 4 atom stereocenters. The molecule has 37 heavy (non-hydrogen) atoms. The zero-order valence-corrected chi connectivity index (χ0v) is 20.7. The Hall–Kier alpha value is -3.51. The number of hydrogen-bond acceptors (Lipinski definition) is 11. The van der Waals surface area contributed by atoms with Crippen LogP contribution in [0.1, 0.15) is 38.2 Å². The average molecular weight is 518 g/mol. The normalized spacial score (nSPS) is 22.9. The van der Waals surface area contributed by atoms with Crippen LogP contribution in [0, 0.1) is 11.8 Å². The SMILES string of the molecule is CCOCCCN(CC#Cc1nc(N)c2ncn([C@@H]3O[C@H](C(=O)NC4CC4)C(O)[C@@H]3O)c2n1)C(=O)OC. The van der Waals surface area contributed by atoms with Gasteiger partial charge in [-0.05, 0) is 32.1 Å². The number of nitrogen functional groups attached to an aromatic ring is 1. The molecule has 1 unspecified atom stereocenters. The minimum Gasteiger partial charge on any atom is -0.453 e. The van der Waals surface area contributed by atoms with E-state index >= 15 is 0 Å². The van der Waals surface area contributed by atoms with Gasteiger partial charge in [-0.15, -0.1) is 0 Å². The van der Waals surface area contributed by atoms with Crippen molar-refractivity contribution in [3.63, 3.8) is 0 Å². The Kier molecular flexibility index (Phi) is 8.39. The van der Waals surface area contributed by atoms with E-state index in [9.17, 15) is 19.8 Å². The van der Waals surface area contributed by atoms with Crippen molar-refractivity contribution >= 4 is 29.0 Å². The van der Waals surface area contributed by atoms with Crippen molar-refractivity contribution in [2.75, 3.05) is 39.1 Å². The van der Waals surface area contributed by atoms with Crippen molar-refractivity contribution in [3.8, 4) is 11.8 Å². The predicted molar refractivity (Wildman–Crippen MR) is 129 cm³/mol. The highest BCUT2D eigenvalue weighted by Crippen LogP contribution is 2.33. The maximum Gasteiger partial charge on any atom is 0.410 e. The molecule has 1 saturated carbocycles. The highest BCUT2D eigenvalue weighted by Gasteiger charge is 2.48. The van der Waals surface area contributed by atoms with Gasteiger partial charge in [0.15, 0.2) is 23.8 Å². The number of aliphatic hydroxyl groups excluding tert-OH is 2. The first-order chi connectivity index (χ1) is 17.8. The number of hydrogen-bond donors (Lipinski definition) is 4. The summed E-state index contributed by atoms with van der Waals surface area (Å²) >= 11 is 0. The molecule has 0 aromatic carbocycles. The third kappa shape index (κ3) is 6.08. The molecule has 3 heterocycles. The van der Waals surface area contributed by atoms with Crippen LogP contribution < -0.4 is 11.1 Å². The number of nitrogens with zero attached hydrogens (tertiary/aromatic N) is 5. The van der Waals surface area contributed by atoms with Crippen LogP contribution >= 0.6 is 0 Å². The van der Waals surface area contributed by atoms with Crippen LogP contribution in [0.4, 0.5) is 10.6 Å². The van der Waals surface area contributed by atoms with E-state index in [1.807, 2.05) is 6.92 Å². The number of anilines is 1. The van der Waals surface area contributed by atoms with Gasteiger partial charge in [-0.2, -0.15) is 0 Å². The van der Waals surface area contributed by atoms with Crippen LogP contribution in [0.5, 0.6) is 0 Å². The fraction of sp³-hybridized carbons (Fsp3) is 0.609. The van der Waals surface area contributed by atoms with Crippen molar-refractivity contribution in [2.24, 2.45) is 0 Å². The number of nitrogens with one attached hydrogen (secondary N) is 1. The summed E-state index contributed by atoms with van der Waals surface area (Å²) in [4.78, 5) is 38.6. The summed E-state index contributed by atoms with van der Waals surface area (Å²) in [6, 6.07) is 0.0713. The first kappa shape index (κ1) is 26.6. The van der Waals surface area contributed by atoms with Gasteiger partial charge in [-0.3, -0.25) is 14.3 Å². The molecule has 0 spiro atoms. The lowest BCUT2D eigenvalue weighted by Gasteiger charge is -2.18. The smallest absolute Gasteiger partial charge is 0.410 e. The predicted octanol–water partition coefficient (Wildman–Crippen LogP) is -0.847. The Morgan fingerprint density at radius 1 is 1.32 bits per heavy atom. The highest BCUT2D eigenvalue weighted by atomic mass is 16.6. The standard InChI is InChI=1S/C23H31N7O7/c1-3-36-11-5-10-29(23(34)35-2)9-4-6-14-27-19(24)15-20(28-14)30(12-25-15)22-17(32)16(31)18(37-22)21(33)26-13-7-8-13/h12-13,16-18,22,31-32H,3,5,7-11H2,1-2H3,(H,26,33)(H2,24,27,28)/t16?,17-,18-,22+/m0/s1. The van der Waals surface area contributed by atoms with Gasteiger partial charge in [0.2, 0.25) is 5.82 Å². The molecule has 1 saturated heterocycles. The molecular formula is C23H31N7O7. The highest BCUT2D eigenvalue weighted by molar-refractivity contribution is 5.83. The van der Waals surface area contributed by atoms with Gasteiger partial charge in [0.25, 0.3) is 5.91 Å². The summed E-state index contributed by atoms with van der Waals surface area (Å²) in [5, 5.41) is 23.8. The quantitative estimate of drug-likeness (QED) is 0.240. The van der Waals surface area contributed by atoms with Crippen molar-refractivity contribution in [1.82, 2.24) is 29.7 Å². The minimum atomic E-state index is -1.44. The molecule has 2 aromatic heterocycles. The zero-order chi connectivity index (χ0) is 26.5. The molecule has 2 aromatic rings. The van der Waals surface area contributed by atoms with E-state index in [0.717, 1.165) is 12.8 Å². The van der Waals surface area contributed by atoms with Crippen molar-refractivity contribution in [2.45, 2.75) is 56.8 Å². The second-order valence-electron chi connectivity index (χ2n) is 8.71. The van der Waals surface area contributed by atoms with Crippen LogP contribution in [-0.2, 0) is 19.0 Å². The van der Waals surface area contributed by atoms with Crippen LogP contribution in [0.25, 0.3) is 11.2 Å². The number of carbonyl (C=O) groups excluding carboxylic acids is 2. The summed E-state index contributed by atoms with van der Waals surface area (Å²) in [5.74, 6) is 5.24. The van der Waals surface area contributed by atoms with Crippen molar-refractivity contribution in [3.05, 3.63) is 12.2 Å². The van der Waals surface area contributed by atoms with Gasteiger partial charge in [-0.1, -0.05) is 5.92 Å². The largest absolute Gasteiger partial charge is 0.453 e. The molecule has 0 radical (unpaired) electrons. The van der Waals surface area contributed by atoms with Crippen LogP contribution in [0.15, 0.2) is 6.33 Å². The zero-order valence-electron chi connectivity index (χ0n) is 20.7. The maximum absolute atomic E-state index is 12.4. The molecule has 1 aliphatic carbocycles. The van der Waals surface area contributed by atoms with E-state index < -0.39 is 36.5 Å². The monoisotopic (exact) mass is 517 g/mol. The Balaban J connectivity index is 1.51. The number of rotatable bonds is 9. The number of aromatic nitrogens is 4. The molecule has 14 heteroatoms.